The Morgan fingerprint density at radius 3 is 2.48 bits per heavy atom. The number of fused-ring (bicyclic) bond motifs is 1. The van der Waals surface area contributed by atoms with Gasteiger partial charge in [0.2, 0.25) is 0 Å². The van der Waals surface area contributed by atoms with Gasteiger partial charge in [-0.1, -0.05) is 6.42 Å². The van der Waals surface area contributed by atoms with Gasteiger partial charge in [0.15, 0.2) is 0 Å². The first-order chi connectivity index (χ1) is 10.3. The fraction of sp³-hybridized carbons (Fsp3) is 1.00. The predicted octanol–water partition coefficient (Wildman–Crippen LogP) is 1.11. The van der Waals surface area contributed by atoms with Gasteiger partial charge in [0.05, 0.1) is 0 Å². The van der Waals surface area contributed by atoms with E-state index >= 15 is 0 Å². The van der Waals surface area contributed by atoms with Crippen molar-refractivity contribution in [2.75, 3.05) is 45.8 Å². The van der Waals surface area contributed by atoms with E-state index in [4.69, 9.17) is 5.73 Å². The van der Waals surface area contributed by atoms with E-state index in [2.05, 4.69) is 14.7 Å². The molecule has 0 saturated carbocycles. The normalized spacial score (nSPS) is 42.7. The molecular weight excluding hydrogens is 260 g/mol. The number of likely N-dealkylation sites (tertiary alicyclic amines) is 2. The summed E-state index contributed by atoms with van der Waals surface area (Å²) >= 11 is 0. The summed E-state index contributed by atoms with van der Waals surface area (Å²) < 4.78 is 0. The smallest absolute Gasteiger partial charge is 0.0499 e. The van der Waals surface area contributed by atoms with Gasteiger partial charge >= 0.3 is 0 Å². The van der Waals surface area contributed by atoms with Crippen LogP contribution in [0.1, 0.15) is 44.9 Å². The first kappa shape index (κ1) is 14.4. The zero-order chi connectivity index (χ0) is 14.3. The molecule has 120 valence electrons. The fourth-order valence-corrected chi connectivity index (χ4v) is 5.67. The third-order valence-electron chi connectivity index (χ3n) is 6.87. The van der Waals surface area contributed by atoms with Crippen molar-refractivity contribution in [1.82, 2.24) is 14.7 Å². The number of nitrogens with two attached hydrogens (primary N) is 1. The van der Waals surface area contributed by atoms with Crippen molar-refractivity contribution in [2.45, 2.75) is 62.6 Å². The first-order valence-electron chi connectivity index (χ1n) is 9.27. The van der Waals surface area contributed by atoms with E-state index in [0.29, 0.717) is 5.54 Å². The largest absolute Gasteiger partial charge is 0.329 e. The van der Waals surface area contributed by atoms with Gasteiger partial charge in [0.1, 0.15) is 0 Å². The average Bonchev–Trinajstić information content (AvgIpc) is 3.24. The van der Waals surface area contributed by atoms with Crippen molar-refractivity contribution in [2.24, 2.45) is 5.73 Å². The van der Waals surface area contributed by atoms with E-state index < -0.39 is 0 Å². The molecule has 0 aliphatic carbocycles. The summed E-state index contributed by atoms with van der Waals surface area (Å²) in [6, 6.07) is 1.56. The lowest BCUT2D eigenvalue weighted by Gasteiger charge is -2.43. The Labute approximate surface area is 129 Å². The zero-order valence-electron chi connectivity index (χ0n) is 13.5. The lowest BCUT2D eigenvalue weighted by atomic mass is 9.87. The van der Waals surface area contributed by atoms with Crippen LogP contribution in [-0.4, -0.2) is 78.1 Å². The van der Waals surface area contributed by atoms with Crippen molar-refractivity contribution < 1.29 is 0 Å². The van der Waals surface area contributed by atoms with Crippen molar-refractivity contribution in [1.29, 1.82) is 0 Å². The molecular formula is C17H32N4. The van der Waals surface area contributed by atoms with Crippen LogP contribution in [-0.2, 0) is 0 Å². The Hall–Kier alpha value is -0.160. The van der Waals surface area contributed by atoms with Crippen LogP contribution in [0.15, 0.2) is 0 Å². The lowest BCUT2D eigenvalue weighted by Crippen LogP contribution is -2.59. The van der Waals surface area contributed by atoms with Crippen molar-refractivity contribution in [3.05, 3.63) is 0 Å². The van der Waals surface area contributed by atoms with Crippen LogP contribution in [0.3, 0.4) is 0 Å². The van der Waals surface area contributed by atoms with E-state index in [1.54, 1.807) is 0 Å². The molecule has 4 nitrogen and oxygen atoms in total. The van der Waals surface area contributed by atoms with Crippen LogP contribution in [0.2, 0.25) is 0 Å². The maximum Gasteiger partial charge on any atom is 0.0499 e. The van der Waals surface area contributed by atoms with Crippen molar-refractivity contribution >= 4 is 0 Å². The summed E-state index contributed by atoms with van der Waals surface area (Å²) in [6.07, 6.45) is 9.70. The third-order valence-corrected chi connectivity index (χ3v) is 6.87. The van der Waals surface area contributed by atoms with Gasteiger partial charge < -0.3 is 5.73 Å². The second-order valence-corrected chi connectivity index (χ2v) is 7.74. The molecule has 4 heterocycles. The zero-order valence-corrected chi connectivity index (χ0v) is 13.5. The molecule has 4 rings (SSSR count). The summed E-state index contributed by atoms with van der Waals surface area (Å²) in [5, 5.41) is 0. The number of piperidine rings is 1. The molecule has 21 heavy (non-hydrogen) atoms. The van der Waals surface area contributed by atoms with E-state index in [0.717, 1.165) is 18.6 Å². The van der Waals surface area contributed by atoms with Crippen LogP contribution >= 0.6 is 0 Å². The predicted molar refractivity (Wildman–Crippen MR) is 86.4 cm³/mol. The Bertz CT molecular complexity index is 368. The van der Waals surface area contributed by atoms with Gasteiger partial charge in [0, 0.05) is 43.8 Å². The van der Waals surface area contributed by atoms with Crippen molar-refractivity contribution in [3.63, 3.8) is 0 Å². The summed E-state index contributed by atoms with van der Waals surface area (Å²) in [6.45, 7) is 8.70. The molecule has 0 spiro atoms. The van der Waals surface area contributed by atoms with Gasteiger partial charge in [-0.15, -0.1) is 0 Å². The van der Waals surface area contributed by atoms with Gasteiger partial charge in [-0.2, -0.15) is 0 Å². The minimum absolute atomic E-state index is 0.307. The number of hydrogen-bond acceptors (Lipinski definition) is 4. The molecule has 4 saturated heterocycles. The maximum atomic E-state index is 6.35. The lowest BCUT2D eigenvalue weighted by molar-refractivity contribution is 0.0751. The summed E-state index contributed by atoms with van der Waals surface area (Å²) in [4.78, 5) is 8.30. The summed E-state index contributed by atoms with van der Waals surface area (Å²) in [5.41, 5.74) is 6.65. The Balaban J connectivity index is 1.46. The van der Waals surface area contributed by atoms with E-state index in [-0.39, 0.29) is 0 Å². The van der Waals surface area contributed by atoms with Crippen LogP contribution in [0.5, 0.6) is 0 Å². The van der Waals surface area contributed by atoms with Crippen LogP contribution in [0.4, 0.5) is 0 Å². The summed E-state index contributed by atoms with van der Waals surface area (Å²) in [7, 11) is 0. The second-order valence-electron chi connectivity index (χ2n) is 7.74. The Kier molecular flexibility index (Phi) is 3.99. The molecule has 0 amide bonds. The van der Waals surface area contributed by atoms with Crippen LogP contribution < -0.4 is 5.73 Å². The highest BCUT2D eigenvalue weighted by molar-refractivity contribution is 5.11. The minimum Gasteiger partial charge on any atom is -0.329 e. The minimum atomic E-state index is 0.307. The highest BCUT2D eigenvalue weighted by Crippen LogP contribution is 2.41. The molecule has 0 aromatic rings. The molecule has 4 fully saturated rings. The van der Waals surface area contributed by atoms with E-state index in [9.17, 15) is 0 Å². The van der Waals surface area contributed by atoms with E-state index in [1.807, 2.05) is 0 Å². The number of rotatable bonds is 3. The SMILES string of the molecule is NCC1(N2CCC(N3CCCCC3)C2)CCN2CCCC21. The second kappa shape index (κ2) is 5.80. The highest BCUT2D eigenvalue weighted by Gasteiger charge is 2.53. The maximum absolute atomic E-state index is 6.35. The van der Waals surface area contributed by atoms with Crippen LogP contribution in [0, 0.1) is 0 Å². The molecule has 3 atom stereocenters. The molecule has 2 N–H and O–H groups in total. The summed E-state index contributed by atoms with van der Waals surface area (Å²) in [5.74, 6) is 0. The molecule has 0 aromatic heterocycles. The van der Waals surface area contributed by atoms with Gasteiger partial charge in [-0.3, -0.25) is 14.7 Å². The fourth-order valence-electron chi connectivity index (χ4n) is 5.67. The van der Waals surface area contributed by atoms with Gasteiger partial charge in [-0.25, -0.2) is 0 Å². The number of nitrogens with zero attached hydrogens (tertiary/aromatic N) is 3. The quantitative estimate of drug-likeness (QED) is 0.845. The Morgan fingerprint density at radius 1 is 0.857 bits per heavy atom. The highest BCUT2D eigenvalue weighted by atomic mass is 15.4. The first-order valence-corrected chi connectivity index (χ1v) is 9.27. The number of hydrogen-bond donors (Lipinski definition) is 1. The van der Waals surface area contributed by atoms with Crippen molar-refractivity contribution in [3.8, 4) is 0 Å². The monoisotopic (exact) mass is 292 g/mol. The van der Waals surface area contributed by atoms with Crippen LogP contribution in [0.25, 0.3) is 0 Å². The molecule has 3 unspecified atom stereocenters. The molecule has 0 aromatic carbocycles. The molecule has 0 radical (unpaired) electrons. The standard InChI is InChI=1S/C17H32N4/c18-14-17(7-12-20-10-4-5-16(17)20)21-11-6-15(13-21)19-8-2-1-3-9-19/h15-16H,1-14,18H2. The topological polar surface area (TPSA) is 35.7 Å². The average molecular weight is 292 g/mol. The Morgan fingerprint density at radius 2 is 1.67 bits per heavy atom. The molecule has 4 heteroatoms. The molecule has 0 bridgehead atoms. The molecule has 4 aliphatic heterocycles. The third kappa shape index (κ3) is 2.35. The van der Waals surface area contributed by atoms with Gasteiger partial charge in [-0.05, 0) is 58.2 Å². The molecule has 4 aliphatic rings. The van der Waals surface area contributed by atoms with Gasteiger partial charge in [0.25, 0.3) is 0 Å². The van der Waals surface area contributed by atoms with E-state index in [1.165, 1.54) is 84.2 Å².